The van der Waals surface area contributed by atoms with Crippen molar-refractivity contribution in [2.75, 3.05) is 26.8 Å². The number of rotatable bonds is 5. The summed E-state index contributed by atoms with van der Waals surface area (Å²) in [5, 5.41) is 13.2. The molecule has 0 saturated carbocycles. The van der Waals surface area contributed by atoms with E-state index in [4.69, 9.17) is 9.47 Å². The first-order valence-electron chi connectivity index (χ1n) is 5.96. The van der Waals surface area contributed by atoms with Crippen LogP contribution in [-0.2, 0) is 0 Å². The van der Waals surface area contributed by atoms with Gasteiger partial charge in [-0.15, -0.1) is 0 Å². The van der Waals surface area contributed by atoms with E-state index in [0.717, 1.165) is 19.5 Å². The maximum atomic E-state index is 9.97. The van der Waals surface area contributed by atoms with Crippen molar-refractivity contribution in [3.8, 4) is 11.5 Å². The number of aliphatic hydroxyl groups excluding tert-OH is 1. The fourth-order valence-corrected chi connectivity index (χ4v) is 2.05. The van der Waals surface area contributed by atoms with Gasteiger partial charge in [-0.2, -0.15) is 0 Å². The zero-order valence-electron chi connectivity index (χ0n) is 10.1. The molecule has 94 valence electrons. The average molecular weight is 237 g/mol. The highest BCUT2D eigenvalue weighted by molar-refractivity contribution is 5.39. The number of ether oxygens (including phenoxy) is 2. The standard InChI is InChI=1S/C13H19NO3/c1-16-12-4-2-3-5-13(12)17-9-11(15)10-6-7-14-8-10/h2-5,10-11,14-15H,6-9H2,1H3. The van der Waals surface area contributed by atoms with E-state index in [9.17, 15) is 5.11 Å². The Morgan fingerprint density at radius 2 is 2.18 bits per heavy atom. The Balaban J connectivity index is 1.88. The second-order valence-corrected chi connectivity index (χ2v) is 4.28. The molecule has 0 radical (unpaired) electrons. The van der Waals surface area contributed by atoms with Crippen molar-refractivity contribution < 1.29 is 14.6 Å². The van der Waals surface area contributed by atoms with Crippen molar-refractivity contribution in [1.29, 1.82) is 0 Å². The van der Waals surface area contributed by atoms with Crippen molar-refractivity contribution in [2.24, 2.45) is 5.92 Å². The van der Waals surface area contributed by atoms with E-state index in [-0.39, 0.29) is 0 Å². The number of aliphatic hydroxyl groups is 1. The van der Waals surface area contributed by atoms with Gasteiger partial charge >= 0.3 is 0 Å². The van der Waals surface area contributed by atoms with E-state index < -0.39 is 6.10 Å². The van der Waals surface area contributed by atoms with Crippen molar-refractivity contribution in [3.05, 3.63) is 24.3 Å². The van der Waals surface area contributed by atoms with Gasteiger partial charge < -0.3 is 19.9 Å². The van der Waals surface area contributed by atoms with Crippen molar-refractivity contribution >= 4 is 0 Å². The molecule has 0 amide bonds. The monoisotopic (exact) mass is 237 g/mol. The molecule has 1 fully saturated rings. The summed E-state index contributed by atoms with van der Waals surface area (Å²) in [6.45, 7) is 2.17. The van der Waals surface area contributed by atoms with Gasteiger partial charge in [-0.1, -0.05) is 12.1 Å². The van der Waals surface area contributed by atoms with Gasteiger partial charge in [0.2, 0.25) is 0 Å². The zero-order chi connectivity index (χ0) is 12.1. The van der Waals surface area contributed by atoms with E-state index in [1.54, 1.807) is 7.11 Å². The van der Waals surface area contributed by atoms with Gasteiger partial charge in [0.05, 0.1) is 13.2 Å². The summed E-state index contributed by atoms with van der Waals surface area (Å²) in [7, 11) is 1.61. The Morgan fingerprint density at radius 3 is 2.82 bits per heavy atom. The lowest BCUT2D eigenvalue weighted by Gasteiger charge is -2.18. The van der Waals surface area contributed by atoms with E-state index >= 15 is 0 Å². The fraction of sp³-hybridized carbons (Fsp3) is 0.538. The molecule has 0 spiro atoms. The van der Waals surface area contributed by atoms with Gasteiger partial charge in [-0.05, 0) is 25.1 Å². The minimum absolute atomic E-state index is 0.296. The first-order valence-corrected chi connectivity index (χ1v) is 5.96. The van der Waals surface area contributed by atoms with Crippen LogP contribution in [0.2, 0.25) is 0 Å². The lowest BCUT2D eigenvalue weighted by molar-refractivity contribution is 0.0630. The highest BCUT2D eigenvalue weighted by atomic mass is 16.5. The minimum Gasteiger partial charge on any atom is -0.493 e. The van der Waals surface area contributed by atoms with Crippen LogP contribution in [0.3, 0.4) is 0 Å². The van der Waals surface area contributed by atoms with E-state index in [1.165, 1.54) is 0 Å². The minimum atomic E-state index is -0.421. The van der Waals surface area contributed by atoms with Gasteiger partial charge in [0, 0.05) is 12.5 Å². The molecule has 0 aromatic heterocycles. The first-order chi connectivity index (χ1) is 8.31. The molecule has 1 aromatic carbocycles. The van der Waals surface area contributed by atoms with Crippen molar-refractivity contribution in [1.82, 2.24) is 5.32 Å². The zero-order valence-corrected chi connectivity index (χ0v) is 10.1. The van der Waals surface area contributed by atoms with Crippen molar-refractivity contribution in [2.45, 2.75) is 12.5 Å². The third-order valence-electron chi connectivity index (χ3n) is 3.12. The number of hydrogen-bond acceptors (Lipinski definition) is 4. The largest absolute Gasteiger partial charge is 0.493 e. The summed E-state index contributed by atoms with van der Waals surface area (Å²) in [6, 6.07) is 7.47. The molecule has 2 unspecified atom stereocenters. The fourth-order valence-electron chi connectivity index (χ4n) is 2.05. The van der Waals surface area contributed by atoms with Gasteiger partial charge in [-0.3, -0.25) is 0 Å². The summed E-state index contributed by atoms with van der Waals surface area (Å²) >= 11 is 0. The van der Waals surface area contributed by atoms with Crippen LogP contribution in [-0.4, -0.2) is 38.0 Å². The Bertz CT molecular complexity index is 350. The van der Waals surface area contributed by atoms with Crippen LogP contribution >= 0.6 is 0 Å². The van der Waals surface area contributed by atoms with Crippen LogP contribution in [0.25, 0.3) is 0 Å². The van der Waals surface area contributed by atoms with Crippen LogP contribution < -0.4 is 14.8 Å². The Labute approximate surface area is 102 Å². The highest BCUT2D eigenvalue weighted by Crippen LogP contribution is 2.26. The summed E-state index contributed by atoms with van der Waals surface area (Å²) in [6.07, 6.45) is 0.589. The normalized spacial score (nSPS) is 21.2. The molecule has 4 heteroatoms. The van der Waals surface area contributed by atoms with Crippen molar-refractivity contribution in [3.63, 3.8) is 0 Å². The molecule has 2 rings (SSSR count). The molecule has 1 saturated heterocycles. The summed E-state index contributed by atoms with van der Waals surface area (Å²) in [5.41, 5.74) is 0. The van der Waals surface area contributed by atoms with Crippen LogP contribution in [0, 0.1) is 5.92 Å². The molecule has 0 aliphatic carbocycles. The molecule has 2 N–H and O–H groups in total. The molecule has 4 nitrogen and oxygen atoms in total. The Hall–Kier alpha value is -1.26. The Kier molecular flexibility index (Phi) is 4.23. The van der Waals surface area contributed by atoms with Crippen LogP contribution in [0.1, 0.15) is 6.42 Å². The molecule has 0 bridgehead atoms. The quantitative estimate of drug-likeness (QED) is 0.803. The number of para-hydroxylation sites is 2. The molecule has 17 heavy (non-hydrogen) atoms. The molecular weight excluding hydrogens is 218 g/mol. The van der Waals surface area contributed by atoms with Gasteiger partial charge in [0.15, 0.2) is 11.5 Å². The number of methoxy groups -OCH3 is 1. The third kappa shape index (κ3) is 3.11. The smallest absolute Gasteiger partial charge is 0.161 e. The van der Waals surface area contributed by atoms with Crippen LogP contribution in [0.4, 0.5) is 0 Å². The first kappa shape index (κ1) is 12.2. The van der Waals surface area contributed by atoms with Gasteiger partial charge in [-0.25, -0.2) is 0 Å². The van der Waals surface area contributed by atoms with Gasteiger partial charge in [0.1, 0.15) is 6.61 Å². The van der Waals surface area contributed by atoms with Gasteiger partial charge in [0.25, 0.3) is 0 Å². The number of benzene rings is 1. The number of nitrogens with one attached hydrogen (secondary N) is 1. The summed E-state index contributed by atoms with van der Waals surface area (Å²) in [5.74, 6) is 1.67. The summed E-state index contributed by atoms with van der Waals surface area (Å²) in [4.78, 5) is 0. The predicted molar refractivity (Wildman–Crippen MR) is 65.5 cm³/mol. The molecule has 1 heterocycles. The second-order valence-electron chi connectivity index (χ2n) is 4.28. The van der Waals surface area contributed by atoms with E-state index in [2.05, 4.69) is 5.32 Å². The average Bonchev–Trinajstić information content (AvgIpc) is 2.90. The SMILES string of the molecule is COc1ccccc1OCC(O)C1CCNC1. The molecular formula is C13H19NO3. The molecule has 1 aliphatic rings. The Morgan fingerprint density at radius 1 is 1.41 bits per heavy atom. The van der Waals surface area contributed by atoms with Crippen LogP contribution in [0.15, 0.2) is 24.3 Å². The predicted octanol–water partition coefficient (Wildman–Crippen LogP) is 1.04. The highest BCUT2D eigenvalue weighted by Gasteiger charge is 2.23. The maximum absolute atomic E-state index is 9.97. The molecule has 1 aromatic rings. The number of hydrogen-bond donors (Lipinski definition) is 2. The maximum Gasteiger partial charge on any atom is 0.161 e. The summed E-state index contributed by atoms with van der Waals surface area (Å²) < 4.78 is 10.8. The van der Waals surface area contributed by atoms with E-state index in [1.807, 2.05) is 24.3 Å². The van der Waals surface area contributed by atoms with E-state index in [0.29, 0.717) is 24.0 Å². The molecule has 1 aliphatic heterocycles. The molecule has 2 atom stereocenters. The lowest BCUT2D eigenvalue weighted by atomic mass is 10.0. The third-order valence-corrected chi connectivity index (χ3v) is 3.12. The van der Waals surface area contributed by atoms with Crippen LogP contribution in [0.5, 0.6) is 11.5 Å². The lowest BCUT2D eigenvalue weighted by Crippen LogP contribution is -2.28. The topological polar surface area (TPSA) is 50.7 Å². The second kappa shape index (κ2) is 5.89.